The quantitative estimate of drug-likeness (QED) is 0.873. The van der Waals surface area contributed by atoms with Gasteiger partial charge in [-0.25, -0.2) is 4.98 Å². The molecule has 3 rings (SSSR count). The van der Waals surface area contributed by atoms with E-state index in [1.54, 1.807) is 6.07 Å². The maximum atomic E-state index is 12.8. The summed E-state index contributed by atoms with van der Waals surface area (Å²) >= 11 is 0. The van der Waals surface area contributed by atoms with Gasteiger partial charge in [0.25, 0.3) is 0 Å². The van der Waals surface area contributed by atoms with Gasteiger partial charge in [0.15, 0.2) is 11.5 Å². The average molecular weight is 274 g/mol. The van der Waals surface area contributed by atoms with Crippen molar-refractivity contribution in [3.63, 3.8) is 0 Å². The molecule has 0 aliphatic carbocycles. The highest BCUT2D eigenvalue weighted by Gasteiger charge is 2.14. The molecule has 1 aliphatic heterocycles. The predicted molar refractivity (Wildman–Crippen MR) is 73.7 cm³/mol. The monoisotopic (exact) mass is 274 g/mol. The van der Waals surface area contributed by atoms with E-state index in [9.17, 15) is 4.39 Å². The largest absolute Gasteiger partial charge is 0.486 e. The number of fused-ring (bicyclic) bond motifs is 1. The minimum absolute atomic E-state index is 0.0538. The van der Waals surface area contributed by atoms with Crippen LogP contribution in [-0.2, 0) is 0 Å². The van der Waals surface area contributed by atoms with Crippen molar-refractivity contribution in [2.75, 3.05) is 18.5 Å². The van der Waals surface area contributed by atoms with Crippen LogP contribution in [0.1, 0.15) is 18.5 Å². The normalized spacial score (nSPS) is 14.7. The Morgan fingerprint density at radius 1 is 1.15 bits per heavy atom. The van der Waals surface area contributed by atoms with Gasteiger partial charge in [-0.3, -0.25) is 0 Å². The zero-order valence-electron chi connectivity index (χ0n) is 11.1. The van der Waals surface area contributed by atoms with Gasteiger partial charge in [0.1, 0.15) is 13.2 Å². The van der Waals surface area contributed by atoms with Gasteiger partial charge in [-0.05, 0) is 36.8 Å². The van der Waals surface area contributed by atoms with Crippen molar-refractivity contribution in [2.45, 2.75) is 13.0 Å². The Bertz CT molecular complexity index is 601. The number of halogens is 1. The summed E-state index contributed by atoms with van der Waals surface area (Å²) in [5.74, 6) is 1.05. The Kier molecular flexibility index (Phi) is 3.41. The Hall–Kier alpha value is -2.30. The predicted octanol–water partition coefficient (Wildman–Crippen LogP) is 3.17. The zero-order valence-corrected chi connectivity index (χ0v) is 11.1. The van der Waals surface area contributed by atoms with E-state index in [-0.39, 0.29) is 6.04 Å². The summed E-state index contributed by atoms with van der Waals surface area (Å²) in [4.78, 5) is 3.62. The molecule has 2 heterocycles. The number of pyridine rings is 1. The first-order valence-electron chi connectivity index (χ1n) is 6.50. The van der Waals surface area contributed by atoms with Crippen LogP contribution in [-0.4, -0.2) is 18.2 Å². The van der Waals surface area contributed by atoms with Crippen molar-refractivity contribution in [3.8, 4) is 11.5 Å². The highest BCUT2D eigenvalue weighted by atomic mass is 19.1. The number of anilines is 1. The van der Waals surface area contributed by atoms with Crippen LogP contribution >= 0.6 is 0 Å². The summed E-state index contributed by atoms with van der Waals surface area (Å²) in [6.45, 7) is 3.18. The molecule has 0 amide bonds. The number of nitrogens with one attached hydrogen (secondary N) is 1. The van der Waals surface area contributed by atoms with Crippen LogP contribution in [0.2, 0.25) is 0 Å². The van der Waals surface area contributed by atoms with Crippen molar-refractivity contribution in [1.82, 2.24) is 4.98 Å². The van der Waals surface area contributed by atoms with E-state index in [0.29, 0.717) is 13.2 Å². The van der Waals surface area contributed by atoms with Crippen LogP contribution < -0.4 is 14.8 Å². The molecule has 1 aromatic heterocycles. The summed E-state index contributed by atoms with van der Waals surface area (Å²) < 4.78 is 23.8. The summed E-state index contributed by atoms with van der Waals surface area (Å²) in [6, 6.07) is 8.91. The second-order valence-corrected chi connectivity index (χ2v) is 4.64. The SMILES string of the molecule is CC(Nc1ccc(F)nc1)c1ccc2c(c1)OCCO2. The second-order valence-electron chi connectivity index (χ2n) is 4.64. The Morgan fingerprint density at radius 2 is 1.95 bits per heavy atom. The highest BCUT2D eigenvalue weighted by molar-refractivity contribution is 5.48. The number of nitrogens with zero attached hydrogens (tertiary/aromatic N) is 1. The van der Waals surface area contributed by atoms with Crippen LogP contribution in [0, 0.1) is 5.95 Å². The van der Waals surface area contributed by atoms with Crippen LogP contribution in [0.3, 0.4) is 0 Å². The topological polar surface area (TPSA) is 43.4 Å². The number of aromatic nitrogens is 1. The third-order valence-electron chi connectivity index (χ3n) is 3.18. The van der Waals surface area contributed by atoms with Gasteiger partial charge in [-0.15, -0.1) is 0 Å². The first kappa shape index (κ1) is 12.7. The van der Waals surface area contributed by atoms with E-state index in [4.69, 9.17) is 9.47 Å². The fourth-order valence-corrected chi connectivity index (χ4v) is 2.12. The standard InChI is InChI=1S/C15H15FN2O2/c1-10(18-12-3-5-15(16)17-9-12)11-2-4-13-14(8-11)20-7-6-19-13/h2-5,8-10,18H,6-7H2,1H3. The number of hydrogen-bond donors (Lipinski definition) is 1. The Labute approximate surface area is 116 Å². The van der Waals surface area contributed by atoms with Gasteiger partial charge >= 0.3 is 0 Å². The first-order chi connectivity index (χ1) is 9.72. The maximum absolute atomic E-state index is 12.8. The van der Waals surface area contributed by atoms with Gasteiger partial charge < -0.3 is 14.8 Å². The molecular weight excluding hydrogens is 259 g/mol. The number of benzene rings is 1. The molecule has 0 radical (unpaired) electrons. The van der Waals surface area contributed by atoms with Crippen LogP contribution in [0.5, 0.6) is 11.5 Å². The van der Waals surface area contributed by atoms with Crippen molar-refractivity contribution >= 4 is 5.69 Å². The van der Waals surface area contributed by atoms with Gasteiger partial charge in [-0.2, -0.15) is 4.39 Å². The third kappa shape index (κ3) is 2.66. The summed E-state index contributed by atoms with van der Waals surface area (Å²) in [7, 11) is 0. The van der Waals surface area contributed by atoms with Crippen LogP contribution in [0.25, 0.3) is 0 Å². The Balaban J connectivity index is 1.76. The molecule has 0 bridgehead atoms. The lowest BCUT2D eigenvalue weighted by Crippen LogP contribution is -2.16. The summed E-state index contributed by atoms with van der Waals surface area (Å²) in [6.07, 6.45) is 1.48. The molecular formula is C15H15FN2O2. The first-order valence-corrected chi connectivity index (χ1v) is 6.50. The van der Waals surface area contributed by atoms with Crippen molar-refractivity contribution < 1.29 is 13.9 Å². The van der Waals surface area contributed by atoms with Crippen molar-refractivity contribution in [1.29, 1.82) is 0 Å². The average Bonchev–Trinajstić information content (AvgIpc) is 2.49. The maximum Gasteiger partial charge on any atom is 0.212 e. The van der Waals surface area contributed by atoms with E-state index in [1.807, 2.05) is 25.1 Å². The smallest absolute Gasteiger partial charge is 0.212 e. The summed E-state index contributed by atoms with van der Waals surface area (Å²) in [5, 5.41) is 3.27. The molecule has 4 nitrogen and oxygen atoms in total. The van der Waals surface area contributed by atoms with Crippen molar-refractivity contribution in [2.24, 2.45) is 0 Å². The van der Waals surface area contributed by atoms with Crippen molar-refractivity contribution in [3.05, 3.63) is 48.0 Å². The molecule has 0 saturated heterocycles. The number of hydrogen-bond acceptors (Lipinski definition) is 4. The van der Waals surface area contributed by atoms with E-state index >= 15 is 0 Å². The van der Waals surface area contributed by atoms with Gasteiger partial charge in [0.05, 0.1) is 11.9 Å². The van der Waals surface area contributed by atoms with Gasteiger partial charge in [0.2, 0.25) is 5.95 Å². The molecule has 5 heteroatoms. The van der Waals surface area contributed by atoms with Gasteiger partial charge in [-0.1, -0.05) is 6.07 Å². The fourth-order valence-electron chi connectivity index (χ4n) is 2.12. The molecule has 1 aliphatic rings. The van der Waals surface area contributed by atoms with E-state index in [0.717, 1.165) is 22.7 Å². The summed E-state index contributed by atoms with van der Waals surface area (Å²) in [5.41, 5.74) is 1.84. The highest BCUT2D eigenvalue weighted by Crippen LogP contribution is 2.33. The van der Waals surface area contributed by atoms with E-state index in [1.165, 1.54) is 12.3 Å². The minimum atomic E-state index is -0.484. The molecule has 1 atom stereocenters. The molecule has 104 valence electrons. The minimum Gasteiger partial charge on any atom is -0.486 e. The van der Waals surface area contributed by atoms with Crippen LogP contribution in [0.15, 0.2) is 36.5 Å². The molecule has 20 heavy (non-hydrogen) atoms. The molecule has 0 spiro atoms. The molecule has 2 aromatic rings. The zero-order chi connectivity index (χ0) is 13.9. The number of ether oxygens (including phenoxy) is 2. The molecule has 1 aromatic carbocycles. The van der Waals surface area contributed by atoms with Crippen LogP contribution in [0.4, 0.5) is 10.1 Å². The van der Waals surface area contributed by atoms with Gasteiger partial charge in [0, 0.05) is 6.04 Å². The third-order valence-corrected chi connectivity index (χ3v) is 3.18. The number of rotatable bonds is 3. The van der Waals surface area contributed by atoms with E-state index < -0.39 is 5.95 Å². The lowest BCUT2D eigenvalue weighted by Gasteiger charge is -2.21. The molecule has 1 unspecified atom stereocenters. The lowest BCUT2D eigenvalue weighted by atomic mass is 10.1. The molecule has 1 N–H and O–H groups in total. The second kappa shape index (κ2) is 5.36. The Morgan fingerprint density at radius 3 is 2.70 bits per heavy atom. The van der Waals surface area contributed by atoms with E-state index in [2.05, 4.69) is 10.3 Å². The fraction of sp³-hybridized carbons (Fsp3) is 0.267. The lowest BCUT2D eigenvalue weighted by molar-refractivity contribution is 0.171. The molecule has 0 fully saturated rings. The molecule has 0 saturated carbocycles.